The highest BCUT2D eigenvalue weighted by Gasteiger charge is 2.23. The molecule has 24 heavy (non-hydrogen) atoms. The van der Waals surface area contributed by atoms with E-state index in [1.165, 1.54) is 12.1 Å². The van der Waals surface area contributed by atoms with E-state index in [1.807, 2.05) is 32.3 Å². The third kappa shape index (κ3) is 5.11. The molecule has 2 aromatic heterocycles. The van der Waals surface area contributed by atoms with Crippen LogP contribution in [0.4, 0.5) is 0 Å². The van der Waals surface area contributed by atoms with Gasteiger partial charge in [0.1, 0.15) is 11.8 Å². The molecule has 0 unspecified atom stereocenters. The molecule has 0 radical (unpaired) electrons. The molecule has 132 valence electrons. The third-order valence-electron chi connectivity index (χ3n) is 2.90. The molecule has 2 heterocycles. The Kier molecular flexibility index (Phi) is 6.52. The first-order valence-corrected chi connectivity index (χ1v) is 9.75. The lowest BCUT2D eigenvalue weighted by atomic mass is 10.4. The summed E-state index contributed by atoms with van der Waals surface area (Å²) in [6.45, 7) is 7.91. The van der Waals surface area contributed by atoms with Crippen LogP contribution < -0.4 is 0 Å². The quantitative estimate of drug-likeness (QED) is 0.504. The van der Waals surface area contributed by atoms with Gasteiger partial charge < -0.3 is 13.6 Å². The van der Waals surface area contributed by atoms with Crippen molar-refractivity contribution >= 4 is 30.4 Å². The van der Waals surface area contributed by atoms with Crippen LogP contribution in [0.1, 0.15) is 34.1 Å². The smallest absolute Gasteiger partial charge is 0.315 e. The van der Waals surface area contributed by atoms with Gasteiger partial charge in [-0.3, -0.25) is 4.57 Å². The highest BCUT2D eigenvalue weighted by Crippen LogP contribution is 2.52. The minimum atomic E-state index is -3.25. The molecule has 0 amide bonds. The Morgan fingerprint density at radius 1 is 1.21 bits per heavy atom. The number of hydrogen-bond acceptors (Lipinski definition) is 6. The molecule has 0 saturated carbocycles. The Labute approximate surface area is 146 Å². The average molecular weight is 373 g/mol. The van der Waals surface area contributed by atoms with Crippen molar-refractivity contribution in [3.05, 3.63) is 29.7 Å². The summed E-state index contributed by atoms with van der Waals surface area (Å²) in [6, 6.07) is 0. The summed E-state index contributed by atoms with van der Waals surface area (Å²) in [5, 5.41) is 0.328. The lowest BCUT2D eigenvalue weighted by molar-refractivity contribution is 0.149. The fourth-order valence-corrected chi connectivity index (χ4v) is 4.07. The second-order valence-electron chi connectivity index (χ2n) is 5.80. The van der Waals surface area contributed by atoms with Crippen molar-refractivity contribution in [1.82, 2.24) is 19.5 Å². The van der Waals surface area contributed by atoms with Gasteiger partial charge >= 0.3 is 7.60 Å². The Bertz CT molecular complexity index is 746. The summed E-state index contributed by atoms with van der Waals surface area (Å²) >= 11 is 5.98. The van der Waals surface area contributed by atoms with Crippen molar-refractivity contribution in [2.75, 3.05) is 0 Å². The first kappa shape index (κ1) is 19.1. The summed E-state index contributed by atoms with van der Waals surface area (Å²) in [7, 11) is -3.25. The van der Waals surface area contributed by atoms with Crippen LogP contribution in [0.5, 0.6) is 0 Å². The average Bonchev–Trinajstić information content (AvgIpc) is 2.86. The molecule has 9 heteroatoms. The van der Waals surface area contributed by atoms with Crippen LogP contribution in [0, 0.1) is 0 Å². The van der Waals surface area contributed by atoms with Crippen molar-refractivity contribution in [2.24, 2.45) is 0 Å². The van der Waals surface area contributed by atoms with E-state index in [0.29, 0.717) is 29.3 Å². The molecule has 0 spiro atoms. The topological polar surface area (TPSA) is 79.1 Å². The van der Waals surface area contributed by atoms with Gasteiger partial charge in [0.05, 0.1) is 18.5 Å². The van der Waals surface area contributed by atoms with Crippen molar-refractivity contribution in [1.29, 1.82) is 0 Å². The number of imidazole rings is 1. The molecular weight excluding hydrogens is 351 g/mol. The molecule has 0 atom stereocenters. The summed E-state index contributed by atoms with van der Waals surface area (Å²) in [4.78, 5) is 12.3. The highest BCUT2D eigenvalue weighted by molar-refractivity contribution is 7.57. The number of aryl methyl sites for hydroxylation is 1. The predicted octanol–water partition coefficient (Wildman–Crippen LogP) is 4.43. The first-order valence-electron chi connectivity index (χ1n) is 7.76. The van der Waals surface area contributed by atoms with Crippen molar-refractivity contribution in [2.45, 2.75) is 52.9 Å². The fourth-order valence-electron chi connectivity index (χ4n) is 2.12. The van der Waals surface area contributed by atoms with Crippen molar-refractivity contribution < 1.29 is 13.6 Å². The van der Waals surface area contributed by atoms with Crippen LogP contribution in [0.3, 0.4) is 0 Å². The van der Waals surface area contributed by atoms with Gasteiger partial charge in [0, 0.05) is 12.4 Å². The van der Waals surface area contributed by atoms with Crippen LogP contribution in [0.25, 0.3) is 11.2 Å². The maximum absolute atomic E-state index is 12.7. The monoisotopic (exact) mass is 372 g/mol. The van der Waals surface area contributed by atoms with Crippen molar-refractivity contribution in [3.8, 4) is 0 Å². The second kappa shape index (κ2) is 8.21. The van der Waals surface area contributed by atoms with Crippen LogP contribution in [0.2, 0.25) is 5.15 Å². The number of rotatable bonds is 8. The molecule has 2 aromatic rings. The molecule has 0 aliphatic carbocycles. The summed E-state index contributed by atoms with van der Waals surface area (Å²) in [5.41, 5.74) is 1.24. The van der Waals surface area contributed by atoms with Gasteiger partial charge in [-0.2, -0.15) is 0 Å². The molecule has 0 saturated heterocycles. The highest BCUT2D eigenvalue weighted by atomic mass is 35.5. The first-order chi connectivity index (χ1) is 11.3. The molecule has 0 aliphatic rings. The van der Waals surface area contributed by atoms with Crippen LogP contribution in [0.15, 0.2) is 24.5 Å². The predicted molar refractivity (Wildman–Crippen MR) is 94.1 cm³/mol. The molecule has 7 nitrogen and oxygen atoms in total. The number of hydrogen-bond donors (Lipinski definition) is 0. The Morgan fingerprint density at radius 2 is 1.88 bits per heavy atom. The minimum absolute atomic E-state index is 0.185. The van der Waals surface area contributed by atoms with E-state index in [2.05, 4.69) is 15.0 Å². The van der Waals surface area contributed by atoms with E-state index >= 15 is 0 Å². The fraction of sp³-hybridized carbons (Fsp3) is 0.533. The Balaban J connectivity index is 2.04. The van der Waals surface area contributed by atoms with E-state index < -0.39 is 7.60 Å². The van der Waals surface area contributed by atoms with Crippen LogP contribution >= 0.6 is 19.2 Å². The van der Waals surface area contributed by atoms with E-state index in [4.69, 9.17) is 20.6 Å². The minimum Gasteiger partial charge on any atom is -0.315 e. The van der Waals surface area contributed by atoms with E-state index in [0.717, 1.165) is 0 Å². The molecule has 0 N–H and O–H groups in total. The van der Waals surface area contributed by atoms with E-state index in [1.54, 1.807) is 12.4 Å². The number of fused-ring (bicyclic) bond motifs is 1. The Hall–Kier alpha value is -1.27. The molecule has 0 aliphatic heterocycles. The van der Waals surface area contributed by atoms with Crippen LogP contribution in [-0.4, -0.2) is 31.7 Å². The SMILES string of the molecule is CC(C)OP(=O)(C=CCCn1cnc2c(Cl)ncnc21)OC(C)C. The molecule has 0 bridgehead atoms. The summed E-state index contributed by atoms with van der Waals surface area (Å²) < 4.78 is 25.5. The standard InChI is InChI=1S/C15H22ClN4O3P/c1-11(2)22-24(21,23-12(3)4)8-6-5-7-20-10-19-13-14(16)17-9-18-15(13)20/h6,8-12H,5,7H2,1-4H3. The summed E-state index contributed by atoms with van der Waals surface area (Å²) in [5.74, 6) is 1.52. The zero-order chi connectivity index (χ0) is 17.7. The van der Waals surface area contributed by atoms with Gasteiger partial charge in [-0.25, -0.2) is 15.0 Å². The van der Waals surface area contributed by atoms with Gasteiger partial charge in [0.25, 0.3) is 0 Å². The number of nitrogens with zero attached hydrogens (tertiary/aromatic N) is 4. The third-order valence-corrected chi connectivity index (χ3v) is 5.18. The van der Waals surface area contributed by atoms with Gasteiger partial charge in [-0.1, -0.05) is 17.7 Å². The van der Waals surface area contributed by atoms with Gasteiger partial charge in [-0.05, 0) is 34.1 Å². The zero-order valence-corrected chi connectivity index (χ0v) is 15.9. The number of allylic oxidation sites excluding steroid dienone is 1. The molecule has 0 aromatic carbocycles. The normalized spacial score (nSPS) is 13.0. The van der Waals surface area contributed by atoms with Gasteiger partial charge in [0.2, 0.25) is 0 Å². The molecular formula is C15H22ClN4O3P. The van der Waals surface area contributed by atoms with Gasteiger partial charge in [0.15, 0.2) is 10.8 Å². The lowest BCUT2D eigenvalue weighted by Crippen LogP contribution is -2.06. The van der Waals surface area contributed by atoms with E-state index in [9.17, 15) is 4.57 Å². The lowest BCUT2D eigenvalue weighted by Gasteiger charge is -2.19. The largest absolute Gasteiger partial charge is 0.354 e. The maximum atomic E-state index is 12.7. The van der Waals surface area contributed by atoms with Crippen molar-refractivity contribution in [3.63, 3.8) is 0 Å². The van der Waals surface area contributed by atoms with E-state index in [-0.39, 0.29) is 12.2 Å². The Morgan fingerprint density at radius 3 is 2.50 bits per heavy atom. The zero-order valence-electron chi connectivity index (χ0n) is 14.2. The molecule has 2 rings (SSSR count). The second-order valence-corrected chi connectivity index (χ2v) is 7.95. The molecule has 0 fully saturated rings. The summed E-state index contributed by atoms with van der Waals surface area (Å²) in [6.07, 6.45) is 5.11. The van der Waals surface area contributed by atoms with Crippen LogP contribution in [-0.2, 0) is 20.2 Å². The van der Waals surface area contributed by atoms with Gasteiger partial charge in [-0.15, -0.1) is 0 Å². The number of aromatic nitrogens is 4. The maximum Gasteiger partial charge on any atom is 0.354 e. The number of halogens is 1.